The SMILES string of the molecule is Cl.Cl.NC[C@H]1CC[C@@H](C(=O)N2CCN(Cc3cn4ccccc4n3)CC2)O1. The van der Waals surface area contributed by atoms with Crippen molar-refractivity contribution in [2.75, 3.05) is 32.7 Å². The maximum Gasteiger partial charge on any atom is 0.251 e. The Kier molecular flexibility index (Phi) is 7.88. The summed E-state index contributed by atoms with van der Waals surface area (Å²) in [6.45, 7) is 4.55. The van der Waals surface area contributed by atoms with E-state index in [1.54, 1.807) is 0 Å². The van der Waals surface area contributed by atoms with E-state index < -0.39 is 0 Å². The van der Waals surface area contributed by atoms with Gasteiger partial charge in [-0.05, 0) is 25.0 Å². The molecule has 9 heteroatoms. The first-order valence-electron chi connectivity index (χ1n) is 9.02. The summed E-state index contributed by atoms with van der Waals surface area (Å²) in [5, 5.41) is 0. The molecule has 2 aromatic heterocycles. The second-order valence-electron chi connectivity index (χ2n) is 6.86. The van der Waals surface area contributed by atoms with Crippen LogP contribution in [-0.2, 0) is 16.1 Å². The summed E-state index contributed by atoms with van der Waals surface area (Å²) in [6.07, 6.45) is 5.53. The van der Waals surface area contributed by atoms with E-state index in [1.807, 2.05) is 33.7 Å². The molecule has 2 aliphatic heterocycles. The summed E-state index contributed by atoms with van der Waals surface area (Å²) in [6, 6.07) is 6.01. The quantitative estimate of drug-likeness (QED) is 0.814. The Morgan fingerprint density at radius 1 is 1.19 bits per heavy atom. The van der Waals surface area contributed by atoms with Crippen LogP contribution in [0.4, 0.5) is 0 Å². The number of fused-ring (bicyclic) bond motifs is 1. The fourth-order valence-electron chi connectivity index (χ4n) is 3.68. The van der Waals surface area contributed by atoms with Gasteiger partial charge in [-0.2, -0.15) is 0 Å². The number of hydrogen-bond donors (Lipinski definition) is 1. The number of aromatic nitrogens is 2. The van der Waals surface area contributed by atoms with Gasteiger partial charge >= 0.3 is 0 Å². The average molecular weight is 416 g/mol. The van der Waals surface area contributed by atoms with Crippen molar-refractivity contribution in [3.05, 3.63) is 36.3 Å². The van der Waals surface area contributed by atoms with Gasteiger partial charge in [-0.3, -0.25) is 9.69 Å². The van der Waals surface area contributed by atoms with Crippen LogP contribution in [0.5, 0.6) is 0 Å². The van der Waals surface area contributed by atoms with E-state index in [0.29, 0.717) is 6.54 Å². The molecule has 0 aromatic carbocycles. The van der Waals surface area contributed by atoms with E-state index >= 15 is 0 Å². The van der Waals surface area contributed by atoms with E-state index in [2.05, 4.69) is 16.1 Å². The van der Waals surface area contributed by atoms with E-state index in [0.717, 1.165) is 56.9 Å². The number of amides is 1. The fourth-order valence-corrected chi connectivity index (χ4v) is 3.68. The van der Waals surface area contributed by atoms with Gasteiger partial charge < -0.3 is 19.8 Å². The Morgan fingerprint density at radius 3 is 2.63 bits per heavy atom. The molecular formula is C18H27Cl2N5O2. The average Bonchev–Trinajstić information content (AvgIpc) is 3.28. The molecule has 0 aliphatic carbocycles. The van der Waals surface area contributed by atoms with Gasteiger partial charge in [0.05, 0.1) is 11.8 Å². The third-order valence-electron chi connectivity index (χ3n) is 5.13. The number of halogens is 2. The molecular weight excluding hydrogens is 389 g/mol. The van der Waals surface area contributed by atoms with Crippen molar-refractivity contribution in [1.82, 2.24) is 19.2 Å². The van der Waals surface area contributed by atoms with Crippen LogP contribution in [0.3, 0.4) is 0 Å². The van der Waals surface area contributed by atoms with Gasteiger partial charge in [0, 0.05) is 51.7 Å². The molecule has 0 spiro atoms. The number of piperazine rings is 1. The van der Waals surface area contributed by atoms with E-state index in [-0.39, 0.29) is 42.9 Å². The summed E-state index contributed by atoms with van der Waals surface area (Å²) in [7, 11) is 0. The summed E-state index contributed by atoms with van der Waals surface area (Å²) in [5.74, 6) is 0.128. The largest absolute Gasteiger partial charge is 0.364 e. The molecule has 4 heterocycles. The highest BCUT2D eigenvalue weighted by Gasteiger charge is 2.34. The first-order chi connectivity index (χ1) is 12.2. The number of carbonyl (C=O) groups is 1. The van der Waals surface area contributed by atoms with Crippen LogP contribution < -0.4 is 5.73 Å². The molecule has 2 fully saturated rings. The van der Waals surface area contributed by atoms with Crippen molar-refractivity contribution in [2.24, 2.45) is 5.73 Å². The molecule has 7 nitrogen and oxygen atoms in total. The van der Waals surface area contributed by atoms with Gasteiger partial charge in [0.1, 0.15) is 11.8 Å². The van der Waals surface area contributed by atoms with Gasteiger partial charge in [0.2, 0.25) is 0 Å². The Bertz CT molecular complexity index is 715. The van der Waals surface area contributed by atoms with Gasteiger partial charge in [0.15, 0.2) is 0 Å². The summed E-state index contributed by atoms with van der Waals surface area (Å²) in [5.41, 5.74) is 7.67. The predicted molar refractivity (Wildman–Crippen MR) is 108 cm³/mol. The highest BCUT2D eigenvalue weighted by molar-refractivity contribution is 5.85. The van der Waals surface area contributed by atoms with E-state index in [9.17, 15) is 4.79 Å². The van der Waals surface area contributed by atoms with Crippen LogP contribution in [0.1, 0.15) is 18.5 Å². The van der Waals surface area contributed by atoms with Crippen molar-refractivity contribution in [3.8, 4) is 0 Å². The first-order valence-corrected chi connectivity index (χ1v) is 9.02. The molecule has 1 amide bonds. The number of nitrogens with two attached hydrogens (primary N) is 1. The molecule has 0 unspecified atom stereocenters. The third-order valence-corrected chi connectivity index (χ3v) is 5.13. The van der Waals surface area contributed by atoms with Crippen molar-refractivity contribution < 1.29 is 9.53 Å². The summed E-state index contributed by atoms with van der Waals surface area (Å²) in [4.78, 5) is 21.5. The Morgan fingerprint density at radius 2 is 1.96 bits per heavy atom. The monoisotopic (exact) mass is 415 g/mol. The van der Waals surface area contributed by atoms with Crippen molar-refractivity contribution in [1.29, 1.82) is 0 Å². The number of ether oxygens (including phenoxy) is 1. The maximum absolute atomic E-state index is 12.6. The molecule has 0 saturated carbocycles. The number of carbonyl (C=O) groups excluding carboxylic acids is 1. The normalized spacial score (nSPS) is 23.1. The minimum Gasteiger partial charge on any atom is -0.364 e. The van der Waals surface area contributed by atoms with Gasteiger partial charge in [0.25, 0.3) is 5.91 Å². The molecule has 0 bridgehead atoms. The van der Waals surface area contributed by atoms with Crippen molar-refractivity contribution >= 4 is 36.4 Å². The number of pyridine rings is 1. The van der Waals surface area contributed by atoms with Crippen LogP contribution >= 0.6 is 24.8 Å². The van der Waals surface area contributed by atoms with Crippen LogP contribution in [0.2, 0.25) is 0 Å². The van der Waals surface area contributed by atoms with Crippen LogP contribution in [0.15, 0.2) is 30.6 Å². The lowest BCUT2D eigenvalue weighted by Crippen LogP contribution is -2.51. The number of nitrogens with zero attached hydrogens (tertiary/aromatic N) is 4. The summed E-state index contributed by atoms with van der Waals surface area (Å²) < 4.78 is 7.78. The van der Waals surface area contributed by atoms with Gasteiger partial charge in [-0.1, -0.05) is 6.07 Å². The molecule has 27 heavy (non-hydrogen) atoms. The van der Waals surface area contributed by atoms with Gasteiger partial charge in [-0.15, -0.1) is 24.8 Å². The molecule has 150 valence electrons. The smallest absolute Gasteiger partial charge is 0.251 e. The lowest BCUT2D eigenvalue weighted by Gasteiger charge is -2.35. The van der Waals surface area contributed by atoms with E-state index in [4.69, 9.17) is 10.5 Å². The van der Waals surface area contributed by atoms with Crippen LogP contribution in [0.25, 0.3) is 5.65 Å². The Balaban J connectivity index is 0.00000131. The zero-order valence-corrected chi connectivity index (χ0v) is 16.8. The van der Waals surface area contributed by atoms with Crippen LogP contribution in [-0.4, -0.2) is 70.0 Å². The molecule has 2 aliphatic rings. The molecule has 2 aromatic rings. The number of rotatable bonds is 4. The molecule has 2 saturated heterocycles. The second kappa shape index (κ2) is 9.71. The Hall–Kier alpha value is -1.38. The van der Waals surface area contributed by atoms with Crippen LogP contribution in [0, 0.1) is 0 Å². The lowest BCUT2D eigenvalue weighted by molar-refractivity contribution is -0.144. The predicted octanol–water partition coefficient (Wildman–Crippen LogP) is 1.33. The molecule has 0 radical (unpaired) electrons. The van der Waals surface area contributed by atoms with Crippen molar-refractivity contribution in [2.45, 2.75) is 31.6 Å². The standard InChI is InChI=1S/C18H25N5O2.2ClH/c19-11-15-4-5-16(25-15)18(24)22-9-7-21(8-10-22)12-14-13-23-6-2-1-3-17(23)20-14;;/h1-3,6,13,15-16H,4-5,7-12,19H2;2*1H/t15-,16+;;/m1../s1. The number of hydrogen-bond acceptors (Lipinski definition) is 5. The maximum atomic E-state index is 12.6. The summed E-state index contributed by atoms with van der Waals surface area (Å²) >= 11 is 0. The highest BCUT2D eigenvalue weighted by atomic mass is 35.5. The van der Waals surface area contributed by atoms with E-state index in [1.165, 1.54) is 0 Å². The molecule has 4 rings (SSSR count). The van der Waals surface area contributed by atoms with Crippen molar-refractivity contribution in [3.63, 3.8) is 0 Å². The second-order valence-corrected chi connectivity index (χ2v) is 6.86. The zero-order valence-electron chi connectivity index (χ0n) is 15.2. The fraction of sp³-hybridized carbons (Fsp3) is 0.556. The minimum absolute atomic E-state index is 0. The zero-order chi connectivity index (χ0) is 17.2. The molecule has 2 atom stereocenters. The number of imidazole rings is 1. The first kappa shape index (κ1) is 21.9. The third kappa shape index (κ3) is 4.92. The molecule has 2 N–H and O–H groups in total. The minimum atomic E-state index is -0.293. The topological polar surface area (TPSA) is 76.1 Å². The lowest BCUT2D eigenvalue weighted by atomic mass is 10.1. The Labute approximate surface area is 171 Å². The highest BCUT2D eigenvalue weighted by Crippen LogP contribution is 2.21. The van der Waals surface area contributed by atoms with Gasteiger partial charge in [-0.25, -0.2) is 4.98 Å².